The maximum atomic E-state index is 2.42. The molecule has 0 radical (unpaired) electrons. The van der Waals surface area contributed by atoms with Crippen LogP contribution in [0.1, 0.15) is 0 Å². The topological polar surface area (TPSA) is 14.7 Å². The molecule has 0 spiro atoms. The van der Waals surface area contributed by atoms with Crippen molar-refractivity contribution in [3.8, 4) is 16.8 Å². The lowest BCUT2D eigenvalue weighted by Crippen LogP contribution is -2.14. The van der Waals surface area contributed by atoms with Crippen LogP contribution in [-0.4, -0.2) is 4.57 Å². The van der Waals surface area contributed by atoms with Crippen molar-refractivity contribution in [3.63, 3.8) is 0 Å². The highest BCUT2D eigenvalue weighted by Crippen LogP contribution is 2.46. The Morgan fingerprint density at radius 3 is 1.18 bits per heavy atom. The van der Waals surface area contributed by atoms with Gasteiger partial charge in [0.25, 0.3) is 0 Å². The Labute approximate surface area is 397 Å². The van der Waals surface area contributed by atoms with Crippen LogP contribution in [0.2, 0.25) is 0 Å². The zero-order valence-electron chi connectivity index (χ0n) is 37.3. The van der Waals surface area contributed by atoms with Crippen molar-refractivity contribution < 1.29 is 0 Å². The van der Waals surface area contributed by atoms with Gasteiger partial charge < -0.3 is 19.3 Å². The van der Waals surface area contributed by atoms with E-state index in [1.165, 1.54) is 32.7 Å². The van der Waals surface area contributed by atoms with Gasteiger partial charge in [-0.3, -0.25) is 0 Å². The second-order valence-corrected chi connectivity index (χ2v) is 17.0. The maximum absolute atomic E-state index is 2.42. The van der Waals surface area contributed by atoms with E-state index in [1.54, 1.807) is 0 Å². The first-order valence-electron chi connectivity index (χ1n) is 23.2. The van der Waals surface area contributed by atoms with E-state index in [1.807, 2.05) is 0 Å². The molecule has 4 nitrogen and oxygen atoms in total. The van der Waals surface area contributed by atoms with Crippen LogP contribution in [-0.2, 0) is 0 Å². The van der Waals surface area contributed by atoms with Gasteiger partial charge >= 0.3 is 0 Å². The first-order chi connectivity index (χ1) is 33.7. The molecule has 1 heterocycles. The monoisotopic (exact) mass is 870 g/mol. The van der Waals surface area contributed by atoms with Crippen molar-refractivity contribution in [2.24, 2.45) is 0 Å². The van der Waals surface area contributed by atoms with Crippen molar-refractivity contribution in [2.45, 2.75) is 0 Å². The zero-order valence-corrected chi connectivity index (χ0v) is 37.3. The van der Waals surface area contributed by atoms with Gasteiger partial charge in [-0.25, -0.2) is 0 Å². The van der Waals surface area contributed by atoms with E-state index in [9.17, 15) is 0 Å². The number of fused-ring (bicyclic) bond motifs is 4. The van der Waals surface area contributed by atoms with Crippen LogP contribution in [0.5, 0.6) is 0 Å². The van der Waals surface area contributed by atoms with Crippen LogP contribution in [0.3, 0.4) is 0 Å². The molecule has 0 atom stereocenters. The fraction of sp³-hybridized carbons (Fsp3) is 0. The molecule has 322 valence electrons. The Balaban J connectivity index is 1.11. The number of benzene rings is 11. The Hall–Kier alpha value is -9.12. The smallest absolute Gasteiger partial charge is 0.0547 e. The third kappa shape index (κ3) is 7.50. The van der Waals surface area contributed by atoms with Gasteiger partial charge in [-0.1, -0.05) is 152 Å². The summed E-state index contributed by atoms with van der Waals surface area (Å²) < 4.78 is 2.42. The molecule has 0 saturated carbocycles. The van der Waals surface area contributed by atoms with Crippen LogP contribution in [0.4, 0.5) is 51.2 Å². The molecule has 11 aromatic carbocycles. The number of rotatable bonds is 11. The lowest BCUT2D eigenvalue weighted by molar-refractivity contribution is 1.18. The molecule has 0 aliphatic rings. The molecule has 0 N–H and O–H groups in total. The summed E-state index contributed by atoms with van der Waals surface area (Å²) in [7, 11) is 0. The first kappa shape index (κ1) is 40.4. The van der Waals surface area contributed by atoms with Crippen molar-refractivity contribution in [3.05, 3.63) is 279 Å². The maximum Gasteiger partial charge on any atom is 0.0547 e. The fourth-order valence-corrected chi connectivity index (χ4v) is 9.84. The summed E-state index contributed by atoms with van der Waals surface area (Å²) >= 11 is 0. The van der Waals surface area contributed by atoms with Crippen molar-refractivity contribution in [2.75, 3.05) is 14.7 Å². The number of hydrogen-bond donors (Lipinski definition) is 0. The lowest BCUT2D eigenvalue weighted by atomic mass is 9.97. The number of hydrogen-bond acceptors (Lipinski definition) is 3. The third-order valence-electron chi connectivity index (χ3n) is 12.9. The molecular formula is C64H46N4. The first-order valence-corrected chi connectivity index (χ1v) is 23.2. The van der Waals surface area contributed by atoms with Gasteiger partial charge in [0.1, 0.15) is 0 Å². The van der Waals surface area contributed by atoms with E-state index in [2.05, 4.69) is 298 Å². The van der Waals surface area contributed by atoms with Crippen LogP contribution in [0.25, 0.3) is 49.4 Å². The average molecular weight is 871 g/mol. The molecule has 0 fully saturated rings. The quantitative estimate of drug-likeness (QED) is 0.129. The van der Waals surface area contributed by atoms with Crippen molar-refractivity contribution in [1.82, 2.24) is 4.57 Å². The van der Waals surface area contributed by atoms with E-state index in [-0.39, 0.29) is 0 Å². The molecule has 0 aliphatic heterocycles. The number of nitrogens with zero attached hydrogens (tertiary/aromatic N) is 4. The molecule has 12 rings (SSSR count). The molecule has 0 bridgehead atoms. The van der Waals surface area contributed by atoms with Gasteiger partial charge in [0, 0.05) is 67.6 Å². The Bertz CT molecular complexity index is 3480. The Morgan fingerprint density at radius 2 is 0.662 bits per heavy atom. The summed E-state index contributed by atoms with van der Waals surface area (Å²) in [5.74, 6) is 0. The summed E-state index contributed by atoms with van der Waals surface area (Å²) in [5, 5.41) is 4.84. The highest BCUT2D eigenvalue weighted by molar-refractivity contribution is 6.17. The molecule has 1 aromatic heterocycles. The Kier molecular flexibility index (Phi) is 10.5. The fourth-order valence-electron chi connectivity index (χ4n) is 9.84. The zero-order chi connectivity index (χ0) is 45.2. The van der Waals surface area contributed by atoms with Crippen LogP contribution in [0, 0.1) is 0 Å². The molecule has 68 heavy (non-hydrogen) atoms. The molecule has 0 saturated heterocycles. The van der Waals surface area contributed by atoms with Gasteiger partial charge in [-0.05, 0) is 149 Å². The summed E-state index contributed by atoms with van der Waals surface area (Å²) in [4.78, 5) is 7.08. The largest absolute Gasteiger partial charge is 0.310 e. The summed E-state index contributed by atoms with van der Waals surface area (Å²) in [5.41, 5.74) is 15.4. The van der Waals surface area contributed by atoms with E-state index in [4.69, 9.17) is 0 Å². The van der Waals surface area contributed by atoms with E-state index in [0.29, 0.717) is 0 Å². The summed E-state index contributed by atoms with van der Waals surface area (Å²) in [6, 6.07) is 100. The standard InChI is InChI=1S/C64H46N4/c1-6-23-50(24-7-1)65(51-25-8-2-9-26-51)55-33-18-35-57(44-55)67(58-36-19-34-56(45-58)66(52-27-10-3-11-28-52)53-29-12-4-13-30-53)59-41-42-62-61(46-59)64-60(49-40-39-47-21-16-17-22-48(47)43-49)37-20-38-63(64)68(62)54-31-14-5-15-32-54/h1-46H. The molecule has 12 aromatic rings. The minimum Gasteiger partial charge on any atom is -0.310 e. The third-order valence-corrected chi connectivity index (χ3v) is 12.9. The minimum atomic E-state index is 1.03. The highest BCUT2D eigenvalue weighted by atomic mass is 15.2. The van der Waals surface area contributed by atoms with Crippen LogP contribution >= 0.6 is 0 Å². The minimum absolute atomic E-state index is 1.03. The van der Waals surface area contributed by atoms with Crippen LogP contribution in [0.15, 0.2) is 279 Å². The number of para-hydroxylation sites is 5. The average Bonchev–Trinajstić information content (AvgIpc) is 3.74. The van der Waals surface area contributed by atoms with E-state index >= 15 is 0 Å². The van der Waals surface area contributed by atoms with Crippen LogP contribution < -0.4 is 14.7 Å². The lowest BCUT2D eigenvalue weighted by Gasteiger charge is -2.31. The second-order valence-electron chi connectivity index (χ2n) is 17.0. The molecular weight excluding hydrogens is 825 g/mol. The van der Waals surface area contributed by atoms with Crippen molar-refractivity contribution >= 4 is 83.8 Å². The van der Waals surface area contributed by atoms with Gasteiger partial charge in [-0.15, -0.1) is 0 Å². The summed E-state index contributed by atoms with van der Waals surface area (Å²) in [6.45, 7) is 0. The normalized spacial score (nSPS) is 11.2. The molecule has 0 unspecified atom stereocenters. The van der Waals surface area contributed by atoms with Gasteiger partial charge in [-0.2, -0.15) is 0 Å². The predicted octanol–water partition coefficient (Wildman–Crippen LogP) is 18.0. The number of anilines is 9. The number of aromatic nitrogens is 1. The van der Waals surface area contributed by atoms with Crippen molar-refractivity contribution in [1.29, 1.82) is 0 Å². The molecule has 0 amide bonds. The highest BCUT2D eigenvalue weighted by Gasteiger charge is 2.23. The van der Waals surface area contributed by atoms with Gasteiger partial charge in [0.05, 0.1) is 11.0 Å². The van der Waals surface area contributed by atoms with E-state index < -0.39 is 0 Å². The molecule has 4 heteroatoms. The molecule has 0 aliphatic carbocycles. The van der Waals surface area contributed by atoms with Gasteiger partial charge in [0.2, 0.25) is 0 Å². The second kappa shape index (κ2) is 17.7. The summed E-state index contributed by atoms with van der Waals surface area (Å²) in [6.07, 6.45) is 0. The SMILES string of the molecule is c1ccc(N(c2ccccc2)c2cccc(N(c3cccc(N(c4ccccc4)c4ccccc4)c3)c3ccc4c(c3)c3c(-c5ccc6ccccc6c5)cccc3n4-c3ccccc3)c2)cc1. The van der Waals surface area contributed by atoms with Gasteiger partial charge in [0.15, 0.2) is 0 Å². The Morgan fingerprint density at radius 1 is 0.250 bits per heavy atom. The predicted molar refractivity (Wildman–Crippen MR) is 288 cm³/mol. The van der Waals surface area contributed by atoms with E-state index in [0.717, 1.165) is 67.9 Å².